The number of piperazine rings is 1. The van der Waals surface area contributed by atoms with Crippen LogP contribution in [0.5, 0.6) is 11.8 Å². The minimum Gasteiger partial charge on any atom is -0.469 e. The SMILES string of the molecule is COCOc1cc(-c2c(F)cc3c(N4C[C@H]5CCC(C)(C4)N5C(=O)OC(C)(C)C)nc(OCC4(CN(C)CCCCCCCC(=O)OC)CC4)nc3c2F)c2ccccc2c1. The van der Waals surface area contributed by atoms with E-state index in [9.17, 15) is 9.59 Å². The molecule has 3 aromatic carbocycles. The molecule has 2 atom stereocenters. The average molecular weight is 846 g/mol. The molecule has 1 unspecified atom stereocenters. The predicted octanol–water partition coefficient (Wildman–Crippen LogP) is 9.29. The molecule has 3 heterocycles. The Hall–Kier alpha value is -4.82. The molecule has 4 aromatic rings. The van der Waals surface area contributed by atoms with E-state index in [1.807, 2.05) is 67.8 Å². The van der Waals surface area contributed by atoms with E-state index in [2.05, 4.69) is 11.9 Å². The summed E-state index contributed by atoms with van der Waals surface area (Å²) in [5.41, 5.74) is -1.31. The fourth-order valence-corrected chi connectivity index (χ4v) is 9.16. The van der Waals surface area contributed by atoms with E-state index in [4.69, 9.17) is 33.7 Å². The van der Waals surface area contributed by atoms with Gasteiger partial charge in [-0.3, -0.25) is 9.69 Å². The van der Waals surface area contributed by atoms with Crippen LogP contribution in [0, 0.1) is 17.0 Å². The number of aromatic nitrogens is 2. The van der Waals surface area contributed by atoms with E-state index < -0.39 is 22.8 Å². The maximum atomic E-state index is 17.4. The van der Waals surface area contributed by atoms with Gasteiger partial charge >= 0.3 is 18.1 Å². The molecule has 12 nitrogen and oxygen atoms in total. The van der Waals surface area contributed by atoms with Gasteiger partial charge in [-0.25, -0.2) is 13.6 Å². The highest BCUT2D eigenvalue weighted by Gasteiger charge is 2.52. The van der Waals surface area contributed by atoms with Crippen LogP contribution in [0.4, 0.5) is 19.4 Å². The molecule has 14 heteroatoms. The van der Waals surface area contributed by atoms with Gasteiger partial charge in [0, 0.05) is 44.0 Å². The molecule has 1 aromatic heterocycles. The van der Waals surface area contributed by atoms with E-state index in [0.717, 1.165) is 76.3 Å². The lowest BCUT2D eigenvalue weighted by Crippen LogP contribution is -2.63. The van der Waals surface area contributed by atoms with Gasteiger partial charge in [-0.15, -0.1) is 0 Å². The van der Waals surface area contributed by atoms with Crippen molar-refractivity contribution in [2.45, 2.75) is 109 Å². The minimum atomic E-state index is -0.828. The second-order valence-corrected chi connectivity index (χ2v) is 18.6. The molecule has 0 radical (unpaired) electrons. The summed E-state index contributed by atoms with van der Waals surface area (Å²) in [5, 5.41) is 1.62. The van der Waals surface area contributed by atoms with E-state index >= 15 is 8.78 Å². The van der Waals surface area contributed by atoms with Gasteiger partial charge < -0.3 is 33.5 Å². The summed E-state index contributed by atoms with van der Waals surface area (Å²) in [6.07, 6.45) is 8.62. The summed E-state index contributed by atoms with van der Waals surface area (Å²) in [5.74, 6) is -0.981. The number of methoxy groups -OCH3 is 2. The first kappa shape index (κ1) is 44.2. The quantitative estimate of drug-likeness (QED) is 0.0542. The van der Waals surface area contributed by atoms with Gasteiger partial charge in [0.15, 0.2) is 12.6 Å². The van der Waals surface area contributed by atoms with Crippen LogP contribution in [0.1, 0.15) is 91.9 Å². The monoisotopic (exact) mass is 845 g/mol. The summed E-state index contributed by atoms with van der Waals surface area (Å²) in [7, 11) is 5.05. The minimum absolute atomic E-state index is 0.0222. The smallest absolute Gasteiger partial charge is 0.411 e. The van der Waals surface area contributed by atoms with Crippen LogP contribution in [0.15, 0.2) is 42.5 Å². The van der Waals surface area contributed by atoms with E-state index in [1.165, 1.54) is 20.3 Å². The lowest BCUT2D eigenvalue weighted by Gasteiger charge is -2.47. The van der Waals surface area contributed by atoms with Crippen molar-refractivity contribution in [3.8, 4) is 22.9 Å². The van der Waals surface area contributed by atoms with E-state index in [0.29, 0.717) is 48.6 Å². The Balaban J connectivity index is 1.18. The number of carbonyl (C=O) groups is 2. The standard InChI is InChI=1S/C47H61F2N5O7/c1-45(2,3)61-44(56)54-32-18-19-46(54,4)27-53(26-32)42-36-25-37(48)39(35-24-33(60-30-57-6)23-31-15-12-13-16-34(31)35)40(49)41(36)50-43(51-42)59-29-47(20-21-47)28-52(5)22-14-10-8-9-11-17-38(55)58-7/h12-13,15-16,23-25,32H,8-11,14,17-22,26-30H2,1-7H3/t32-,46?/m1/s1. The summed E-state index contributed by atoms with van der Waals surface area (Å²) in [6.45, 7) is 10.5. The molecule has 0 spiro atoms. The van der Waals surface area contributed by atoms with Crippen molar-refractivity contribution in [2.75, 3.05) is 65.7 Å². The number of esters is 1. The zero-order valence-electron chi connectivity index (χ0n) is 36.8. The number of unbranched alkanes of at least 4 members (excludes halogenated alkanes) is 4. The van der Waals surface area contributed by atoms with Crippen LogP contribution in [-0.2, 0) is 19.0 Å². The number of nitrogens with zero attached hydrogens (tertiary/aromatic N) is 5. The number of hydrogen-bond acceptors (Lipinski definition) is 11. The summed E-state index contributed by atoms with van der Waals surface area (Å²) < 4.78 is 62.0. The van der Waals surface area contributed by atoms with Crippen LogP contribution in [-0.4, -0.2) is 110 Å². The Kier molecular flexibility index (Phi) is 13.2. The Morgan fingerprint density at radius 3 is 2.43 bits per heavy atom. The molecule has 0 N–H and O–H groups in total. The number of halogens is 2. The van der Waals surface area contributed by atoms with E-state index in [1.54, 1.807) is 6.07 Å². The van der Waals surface area contributed by atoms with Crippen LogP contribution in [0.25, 0.3) is 32.8 Å². The fraction of sp³-hybridized carbons (Fsp3) is 0.574. The Bertz CT molecular complexity index is 2230. The van der Waals surface area contributed by atoms with Crippen molar-refractivity contribution in [1.82, 2.24) is 19.8 Å². The van der Waals surface area contributed by atoms with Gasteiger partial charge in [0.2, 0.25) is 0 Å². The lowest BCUT2D eigenvalue weighted by molar-refractivity contribution is -0.140. The normalized spacial score (nSPS) is 19.5. The number of anilines is 1. The largest absolute Gasteiger partial charge is 0.469 e. The molecule has 1 amide bonds. The number of hydrogen-bond donors (Lipinski definition) is 0. The van der Waals surface area contributed by atoms with E-state index in [-0.39, 0.29) is 52.8 Å². The predicted molar refractivity (Wildman–Crippen MR) is 231 cm³/mol. The molecule has 2 aliphatic heterocycles. The Morgan fingerprint density at radius 1 is 0.951 bits per heavy atom. The van der Waals surface area contributed by atoms with Crippen molar-refractivity contribution in [1.29, 1.82) is 0 Å². The molecule has 2 saturated heterocycles. The highest BCUT2D eigenvalue weighted by molar-refractivity contribution is 6.01. The van der Waals surface area contributed by atoms with Gasteiger partial charge in [0.05, 0.1) is 30.9 Å². The van der Waals surface area contributed by atoms with Gasteiger partial charge in [0.1, 0.15) is 28.5 Å². The van der Waals surface area contributed by atoms with Crippen molar-refractivity contribution >= 4 is 39.6 Å². The zero-order chi connectivity index (χ0) is 43.5. The van der Waals surface area contributed by atoms with Gasteiger partial charge in [-0.1, -0.05) is 43.5 Å². The highest BCUT2D eigenvalue weighted by Crippen LogP contribution is 2.48. The Morgan fingerprint density at radius 2 is 1.70 bits per heavy atom. The molecule has 61 heavy (non-hydrogen) atoms. The molecule has 2 bridgehead atoms. The number of benzene rings is 3. The second-order valence-electron chi connectivity index (χ2n) is 18.6. The third-order valence-electron chi connectivity index (χ3n) is 12.3. The van der Waals surface area contributed by atoms with Crippen LogP contribution in [0.3, 0.4) is 0 Å². The molecule has 1 saturated carbocycles. The topological polar surface area (TPSA) is 116 Å². The molecule has 3 aliphatic rings. The molecule has 7 rings (SSSR count). The van der Waals surface area contributed by atoms with Crippen LogP contribution in [0.2, 0.25) is 0 Å². The number of amides is 1. The van der Waals surface area contributed by atoms with Gasteiger partial charge in [0.25, 0.3) is 0 Å². The number of rotatable bonds is 18. The highest BCUT2D eigenvalue weighted by atomic mass is 19.1. The van der Waals surface area contributed by atoms with Crippen LogP contribution >= 0.6 is 0 Å². The summed E-state index contributed by atoms with van der Waals surface area (Å²) >= 11 is 0. The van der Waals surface area contributed by atoms with Crippen molar-refractivity contribution in [3.05, 3.63) is 54.1 Å². The number of ether oxygens (including phenoxy) is 5. The van der Waals surface area contributed by atoms with Gasteiger partial charge in [-0.05, 0) is 114 Å². The Labute approximate surface area is 357 Å². The maximum absolute atomic E-state index is 17.4. The lowest BCUT2D eigenvalue weighted by atomic mass is 9.95. The van der Waals surface area contributed by atoms with Crippen molar-refractivity contribution in [3.63, 3.8) is 0 Å². The molecular formula is C47H61F2N5O7. The molecule has 1 aliphatic carbocycles. The summed E-state index contributed by atoms with van der Waals surface area (Å²) in [6, 6.07) is 12.0. The van der Waals surface area contributed by atoms with Gasteiger partial charge in [-0.2, -0.15) is 9.97 Å². The zero-order valence-corrected chi connectivity index (χ0v) is 36.8. The summed E-state index contributed by atoms with van der Waals surface area (Å²) in [4.78, 5) is 40.8. The van der Waals surface area contributed by atoms with Crippen LogP contribution < -0.4 is 14.4 Å². The first-order valence-electron chi connectivity index (χ1n) is 21.6. The maximum Gasteiger partial charge on any atom is 0.411 e. The number of carbonyl (C=O) groups excluding carboxylic acids is 2. The third kappa shape index (κ3) is 10.1. The molecular weight excluding hydrogens is 785 g/mol. The molecule has 330 valence electrons. The first-order chi connectivity index (χ1) is 29.1. The average Bonchev–Trinajstić information content (AvgIpc) is 3.94. The fourth-order valence-electron chi connectivity index (χ4n) is 9.16. The number of fused-ring (bicyclic) bond motifs is 4. The van der Waals surface area contributed by atoms with Crippen molar-refractivity contribution < 1.29 is 42.1 Å². The molecule has 3 fully saturated rings. The third-order valence-corrected chi connectivity index (χ3v) is 12.3. The second kappa shape index (κ2) is 18.3. The first-order valence-corrected chi connectivity index (χ1v) is 21.6. The van der Waals surface area contributed by atoms with Crippen molar-refractivity contribution in [2.24, 2.45) is 5.41 Å².